The number of nitrogens with zero attached hydrogens (tertiary/aromatic N) is 1. The van der Waals surface area contributed by atoms with Crippen LogP contribution in [0.5, 0.6) is 5.75 Å². The first-order valence-corrected chi connectivity index (χ1v) is 6.29. The first-order chi connectivity index (χ1) is 9.60. The zero-order valence-corrected chi connectivity index (χ0v) is 11.4. The highest BCUT2D eigenvalue weighted by Gasteiger charge is 2.11. The molecule has 0 aliphatic carbocycles. The van der Waals surface area contributed by atoms with Crippen molar-refractivity contribution in [3.63, 3.8) is 0 Å². The van der Waals surface area contributed by atoms with E-state index < -0.39 is 5.91 Å². The van der Waals surface area contributed by atoms with Gasteiger partial charge in [0.05, 0.1) is 0 Å². The summed E-state index contributed by atoms with van der Waals surface area (Å²) in [7, 11) is 0. The Labute approximate surface area is 116 Å². The summed E-state index contributed by atoms with van der Waals surface area (Å²) < 4.78 is 10.6. The van der Waals surface area contributed by atoms with E-state index >= 15 is 0 Å². The highest BCUT2D eigenvalue weighted by atomic mass is 16.5. The van der Waals surface area contributed by atoms with Gasteiger partial charge in [-0.2, -0.15) is 0 Å². The van der Waals surface area contributed by atoms with Gasteiger partial charge in [-0.05, 0) is 23.6 Å². The Morgan fingerprint density at radius 1 is 1.45 bits per heavy atom. The second kappa shape index (κ2) is 6.21. The van der Waals surface area contributed by atoms with E-state index in [0.717, 1.165) is 5.75 Å². The number of hydrogen-bond donors (Lipinski definition) is 2. The van der Waals surface area contributed by atoms with Gasteiger partial charge in [0.1, 0.15) is 12.4 Å². The third-order valence-corrected chi connectivity index (χ3v) is 2.83. The predicted octanol–water partition coefficient (Wildman–Crippen LogP) is 1.98. The molecule has 6 heteroatoms. The van der Waals surface area contributed by atoms with Crippen LogP contribution in [-0.2, 0) is 6.61 Å². The van der Waals surface area contributed by atoms with Crippen molar-refractivity contribution in [1.29, 1.82) is 0 Å². The number of carbonyl (C=O) groups excluding carboxylic acids is 1. The van der Waals surface area contributed by atoms with Crippen LogP contribution in [0.3, 0.4) is 0 Å². The average molecular weight is 275 g/mol. The Bertz CT molecular complexity index is 593. The molecule has 0 radical (unpaired) electrons. The number of aromatic nitrogens is 1. The molecule has 0 bridgehead atoms. The van der Waals surface area contributed by atoms with E-state index in [1.54, 1.807) is 0 Å². The minimum absolute atomic E-state index is 0.127. The fraction of sp³-hybridized carbons (Fsp3) is 0.286. The van der Waals surface area contributed by atoms with Crippen LogP contribution in [0, 0.1) is 0 Å². The van der Waals surface area contributed by atoms with E-state index in [1.807, 2.05) is 23.6 Å². The van der Waals surface area contributed by atoms with Gasteiger partial charge < -0.3 is 9.26 Å². The van der Waals surface area contributed by atoms with Crippen LogP contribution < -0.4 is 16.0 Å². The third kappa shape index (κ3) is 3.36. The van der Waals surface area contributed by atoms with Gasteiger partial charge in [-0.1, -0.05) is 31.1 Å². The summed E-state index contributed by atoms with van der Waals surface area (Å²) >= 11 is 0. The summed E-state index contributed by atoms with van der Waals surface area (Å²) in [6.07, 6.45) is 0. The molecule has 0 atom stereocenters. The Morgan fingerprint density at radius 3 is 2.95 bits per heavy atom. The molecule has 6 nitrogen and oxygen atoms in total. The van der Waals surface area contributed by atoms with Crippen molar-refractivity contribution in [2.24, 2.45) is 5.84 Å². The van der Waals surface area contributed by atoms with E-state index in [2.05, 4.69) is 25.1 Å². The number of hydrogen-bond acceptors (Lipinski definition) is 5. The lowest BCUT2D eigenvalue weighted by atomic mass is 10.0. The SMILES string of the molecule is CC(C)c1cccc(OCc2cc(C(=O)NN)no2)c1. The number of nitrogens with two attached hydrogens (primary N) is 1. The second-order valence-corrected chi connectivity index (χ2v) is 4.67. The molecule has 106 valence electrons. The molecule has 0 saturated heterocycles. The lowest BCUT2D eigenvalue weighted by molar-refractivity contribution is 0.0944. The molecule has 0 unspecified atom stereocenters. The molecular formula is C14H17N3O3. The molecular weight excluding hydrogens is 258 g/mol. The summed E-state index contributed by atoms with van der Waals surface area (Å²) in [5.74, 6) is 6.15. The lowest BCUT2D eigenvalue weighted by Gasteiger charge is -2.08. The minimum Gasteiger partial charge on any atom is -0.486 e. The van der Waals surface area contributed by atoms with Crippen molar-refractivity contribution in [2.45, 2.75) is 26.4 Å². The van der Waals surface area contributed by atoms with Crippen molar-refractivity contribution in [3.8, 4) is 5.75 Å². The van der Waals surface area contributed by atoms with Crippen LogP contribution in [-0.4, -0.2) is 11.1 Å². The number of ether oxygens (including phenoxy) is 1. The van der Waals surface area contributed by atoms with Gasteiger partial charge in [0, 0.05) is 6.07 Å². The Morgan fingerprint density at radius 2 is 2.25 bits per heavy atom. The molecule has 1 aromatic carbocycles. The van der Waals surface area contributed by atoms with E-state index in [4.69, 9.17) is 15.1 Å². The van der Waals surface area contributed by atoms with Crippen molar-refractivity contribution in [3.05, 3.63) is 47.3 Å². The number of benzene rings is 1. The molecule has 0 saturated carbocycles. The van der Waals surface area contributed by atoms with Gasteiger partial charge >= 0.3 is 0 Å². The summed E-state index contributed by atoms with van der Waals surface area (Å²) in [5.41, 5.74) is 3.31. The van der Waals surface area contributed by atoms with Crippen molar-refractivity contribution in [2.75, 3.05) is 0 Å². The summed E-state index contributed by atoms with van der Waals surface area (Å²) in [6.45, 7) is 4.44. The van der Waals surface area contributed by atoms with Crippen LogP contribution in [0.4, 0.5) is 0 Å². The second-order valence-electron chi connectivity index (χ2n) is 4.67. The third-order valence-electron chi connectivity index (χ3n) is 2.83. The van der Waals surface area contributed by atoms with Gasteiger partial charge in [-0.3, -0.25) is 10.2 Å². The maximum Gasteiger partial charge on any atom is 0.287 e. The Kier molecular flexibility index (Phi) is 4.37. The van der Waals surface area contributed by atoms with E-state index in [1.165, 1.54) is 11.6 Å². The largest absolute Gasteiger partial charge is 0.486 e. The van der Waals surface area contributed by atoms with Gasteiger partial charge in [-0.25, -0.2) is 5.84 Å². The molecule has 2 aromatic rings. The average Bonchev–Trinajstić information content (AvgIpc) is 2.93. The molecule has 1 amide bonds. The number of nitrogens with one attached hydrogen (secondary N) is 1. The van der Waals surface area contributed by atoms with Crippen molar-refractivity contribution < 1.29 is 14.1 Å². The summed E-state index contributed by atoms with van der Waals surface area (Å²) in [4.78, 5) is 11.2. The highest BCUT2D eigenvalue weighted by Crippen LogP contribution is 2.21. The first-order valence-electron chi connectivity index (χ1n) is 6.29. The molecule has 1 aromatic heterocycles. The normalized spacial score (nSPS) is 10.6. The van der Waals surface area contributed by atoms with Crippen LogP contribution in [0.1, 0.15) is 41.6 Å². The van der Waals surface area contributed by atoms with Gasteiger partial charge in [0.25, 0.3) is 5.91 Å². The molecule has 0 fully saturated rings. The standard InChI is InChI=1S/C14H17N3O3/c1-9(2)10-4-3-5-11(6-10)19-8-12-7-13(17-20-12)14(18)16-15/h3-7,9H,8,15H2,1-2H3,(H,16,18). The monoisotopic (exact) mass is 275 g/mol. The van der Waals surface area contributed by atoms with Crippen molar-refractivity contribution >= 4 is 5.91 Å². The quantitative estimate of drug-likeness (QED) is 0.494. The highest BCUT2D eigenvalue weighted by molar-refractivity contribution is 5.91. The molecule has 2 rings (SSSR count). The van der Waals surface area contributed by atoms with E-state index in [-0.39, 0.29) is 12.3 Å². The smallest absolute Gasteiger partial charge is 0.287 e. The zero-order chi connectivity index (χ0) is 14.5. The van der Waals surface area contributed by atoms with Crippen molar-refractivity contribution in [1.82, 2.24) is 10.6 Å². The van der Waals surface area contributed by atoms with Gasteiger partial charge in [0.2, 0.25) is 0 Å². The Balaban J connectivity index is 2.00. The number of rotatable bonds is 5. The first kappa shape index (κ1) is 14.1. The van der Waals surface area contributed by atoms with Crippen LogP contribution >= 0.6 is 0 Å². The fourth-order valence-corrected chi connectivity index (χ4v) is 1.68. The number of hydrazine groups is 1. The maximum atomic E-state index is 11.2. The topological polar surface area (TPSA) is 90.4 Å². The van der Waals surface area contributed by atoms with Crippen LogP contribution in [0.2, 0.25) is 0 Å². The maximum absolute atomic E-state index is 11.2. The number of carbonyl (C=O) groups is 1. The molecule has 3 N–H and O–H groups in total. The number of amides is 1. The predicted molar refractivity (Wildman–Crippen MR) is 73.0 cm³/mol. The molecule has 20 heavy (non-hydrogen) atoms. The van der Waals surface area contributed by atoms with E-state index in [0.29, 0.717) is 11.7 Å². The zero-order valence-electron chi connectivity index (χ0n) is 11.4. The lowest BCUT2D eigenvalue weighted by Crippen LogP contribution is -2.30. The summed E-state index contributed by atoms with van der Waals surface area (Å²) in [6, 6.07) is 9.34. The molecule has 1 heterocycles. The molecule has 0 aliphatic rings. The minimum atomic E-state index is -0.498. The Hall–Kier alpha value is -2.34. The van der Waals surface area contributed by atoms with E-state index in [9.17, 15) is 4.79 Å². The fourth-order valence-electron chi connectivity index (χ4n) is 1.68. The molecule has 0 aliphatic heterocycles. The van der Waals surface area contributed by atoms with Gasteiger partial charge in [-0.15, -0.1) is 0 Å². The van der Waals surface area contributed by atoms with Crippen LogP contribution in [0.15, 0.2) is 34.9 Å². The van der Waals surface area contributed by atoms with Crippen LogP contribution in [0.25, 0.3) is 0 Å². The number of nitrogen functional groups attached to an aromatic ring is 1. The summed E-state index contributed by atoms with van der Waals surface area (Å²) in [5, 5.41) is 3.60. The van der Waals surface area contributed by atoms with Gasteiger partial charge in [0.15, 0.2) is 11.5 Å². The molecule has 0 spiro atoms.